The first-order chi connectivity index (χ1) is 9.65. The monoisotopic (exact) mass is 302 g/mol. The SMILES string of the molecule is Cc1cccc(CSc2nc3ccsc3c(=O)n2C)c1. The Labute approximate surface area is 125 Å². The van der Waals surface area contributed by atoms with Crippen LogP contribution in [0.25, 0.3) is 10.2 Å². The number of fused-ring (bicyclic) bond motifs is 1. The lowest BCUT2D eigenvalue weighted by Gasteiger charge is -2.07. The van der Waals surface area contributed by atoms with E-state index in [1.54, 1.807) is 23.4 Å². The van der Waals surface area contributed by atoms with E-state index in [1.165, 1.54) is 22.5 Å². The van der Waals surface area contributed by atoms with E-state index in [2.05, 4.69) is 36.2 Å². The number of aromatic nitrogens is 2. The van der Waals surface area contributed by atoms with Gasteiger partial charge >= 0.3 is 0 Å². The molecule has 2 heterocycles. The van der Waals surface area contributed by atoms with Gasteiger partial charge in [0.25, 0.3) is 5.56 Å². The van der Waals surface area contributed by atoms with Crippen LogP contribution in [0.5, 0.6) is 0 Å². The van der Waals surface area contributed by atoms with Crippen molar-refractivity contribution >= 4 is 33.3 Å². The van der Waals surface area contributed by atoms with Crippen LogP contribution in [0.15, 0.2) is 45.7 Å². The summed E-state index contributed by atoms with van der Waals surface area (Å²) in [6.45, 7) is 2.08. The van der Waals surface area contributed by atoms with Crippen molar-refractivity contribution < 1.29 is 0 Å². The lowest BCUT2D eigenvalue weighted by atomic mass is 10.2. The second kappa shape index (κ2) is 5.42. The quantitative estimate of drug-likeness (QED) is 0.548. The largest absolute Gasteiger partial charge is 0.290 e. The molecule has 3 aromatic rings. The molecule has 0 spiro atoms. The van der Waals surface area contributed by atoms with Crippen molar-refractivity contribution in [3.63, 3.8) is 0 Å². The Kier molecular flexibility index (Phi) is 3.63. The second-order valence-electron chi connectivity index (χ2n) is 4.67. The van der Waals surface area contributed by atoms with Crippen molar-refractivity contribution in [3.05, 3.63) is 57.2 Å². The van der Waals surface area contributed by atoms with Gasteiger partial charge in [0.2, 0.25) is 0 Å². The van der Waals surface area contributed by atoms with E-state index in [0.717, 1.165) is 21.1 Å². The molecule has 5 heteroatoms. The van der Waals surface area contributed by atoms with Crippen LogP contribution < -0.4 is 5.56 Å². The molecule has 2 aromatic heterocycles. The molecule has 0 atom stereocenters. The highest BCUT2D eigenvalue weighted by molar-refractivity contribution is 7.98. The Morgan fingerprint density at radius 2 is 2.20 bits per heavy atom. The van der Waals surface area contributed by atoms with Gasteiger partial charge in [-0.05, 0) is 23.9 Å². The fourth-order valence-electron chi connectivity index (χ4n) is 2.05. The van der Waals surface area contributed by atoms with Gasteiger partial charge in [0.15, 0.2) is 5.16 Å². The Bertz CT molecular complexity index is 820. The Morgan fingerprint density at radius 1 is 1.35 bits per heavy atom. The van der Waals surface area contributed by atoms with Crippen LogP contribution in [0.1, 0.15) is 11.1 Å². The molecule has 0 unspecified atom stereocenters. The summed E-state index contributed by atoms with van der Waals surface area (Å²) in [6.07, 6.45) is 0. The molecule has 0 N–H and O–H groups in total. The average molecular weight is 302 g/mol. The first-order valence-corrected chi connectivity index (χ1v) is 8.14. The van der Waals surface area contributed by atoms with E-state index >= 15 is 0 Å². The fourth-order valence-corrected chi connectivity index (χ4v) is 3.77. The summed E-state index contributed by atoms with van der Waals surface area (Å²) in [5, 5.41) is 2.68. The number of hydrogen-bond acceptors (Lipinski definition) is 4. The third-order valence-corrected chi connectivity index (χ3v) is 5.09. The molecular formula is C15H14N2OS2. The number of nitrogens with zero attached hydrogens (tertiary/aromatic N) is 2. The van der Waals surface area contributed by atoms with Gasteiger partial charge in [-0.2, -0.15) is 0 Å². The molecule has 102 valence electrons. The molecule has 0 aliphatic heterocycles. The number of rotatable bonds is 3. The summed E-state index contributed by atoms with van der Waals surface area (Å²) in [4.78, 5) is 16.8. The molecule has 20 heavy (non-hydrogen) atoms. The summed E-state index contributed by atoms with van der Waals surface area (Å²) in [7, 11) is 1.78. The molecule has 3 nitrogen and oxygen atoms in total. The summed E-state index contributed by atoms with van der Waals surface area (Å²) in [5.74, 6) is 0.817. The van der Waals surface area contributed by atoms with Crippen molar-refractivity contribution in [3.8, 4) is 0 Å². The van der Waals surface area contributed by atoms with Gasteiger partial charge in [-0.3, -0.25) is 9.36 Å². The van der Waals surface area contributed by atoms with Gasteiger partial charge in [-0.1, -0.05) is 41.6 Å². The second-order valence-corrected chi connectivity index (χ2v) is 6.53. The molecule has 0 fully saturated rings. The maximum Gasteiger partial charge on any atom is 0.271 e. The molecule has 0 radical (unpaired) electrons. The molecule has 0 aliphatic carbocycles. The number of aryl methyl sites for hydroxylation is 1. The fraction of sp³-hybridized carbons (Fsp3) is 0.200. The third-order valence-electron chi connectivity index (χ3n) is 3.10. The Morgan fingerprint density at radius 3 is 3.00 bits per heavy atom. The summed E-state index contributed by atoms with van der Waals surface area (Å²) >= 11 is 3.05. The smallest absolute Gasteiger partial charge is 0.271 e. The normalized spacial score (nSPS) is 11.1. The molecule has 3 rings (SSSR count). The molecular weight excluding hydrogens is 288 g/mol. The van der Waals surface area contributed by atoms with Gasteiger partial charge < -0.3 is 0 Å². The summed E-state index contributed by atoms with van der Waals surface area (Å²) in [6, 6.07) is 10.3. The van der Waals surface area contributed by atoms with Gasteiger partial charge in [0, 0.05) is 12.8 Å². The maximum absolute atomic E-state index is 12.2. The molecule has 0 aliphatic rings. The highest BCUT2D eigenvalue weighted by atomic mass is 32.2. The van der Waals surface area contributed by atoms with E-state index in [4.69, 9.17) is 0 Å². The van der Waals surface area contributed by atoms with Crippen molar-refractivity contribution in [2.45, 2.75) is 17.8 Å². The minimum absolute atomic E-state index is 0.0387. The van der Waals surface area contributed by atoms with Crippen LogP contribution in [0, 0.1) is 6.92 Å². The molecule has 0 amide bonds. The molecule has 0 saturated carbocycles. The molecule has 1 aromatic carbocycles. The van der Waals surface area contributed by atoms with E-state index < -0.39 is 0 Å². The predicted molar refractivity (Wildman–Crippen MR) is 85.6 cm³/mol. The van der Waals surface area contributed by atoms with Crippen LogP contribution in [0.4, 0.5) is 0 Å². The van der Waals surface area contributed by atoms with Gasteiger partial charge in [0.05, 0.1) is 5.52 Å². The van der Waals surface area contributed by atoms with Crippen LogP contribution in [-0.2, 0) is 12.8 Å². The maximum atomic E-state index is 12.2. The lowest BCUT2D eigenvalue weighted by molar-refractivity contribution is 0.728. The predicted octanol–water partition coefficient (Wildman–Crippen LogP) is 3.60. The number of hydrogen-bond donors (Lipinski definition) is 0. The summed E-state index contributed by atoms with van der Waals surface area (Å²) < 4.78 is 2.37. The average Bonchev–Trinajstić information content (AvgIpc) is 2.90. The first-order valence-electron chi connectivity index (χ1n) is 6.28. The van der Waals surface area contributed by atoms with Crippen molar-refractivity contribution in [1.29, 1.82) is 0 Å². The summed E-state index contributed by atoms with van der Waals surface area (Å²) in [5.41, 5.74) is 3.33. The van der Waals surface area contributed by atoms with Gasteiger partial charge in [-0.25, -0.2) is 4.98 Å². The highest BCUT2D eigenvalue weighted by Crippen LogP contribution is 2.23. The molecule has 0 saturated heterocycles. The van der Waals surface area contributed by atoms with Crippen molar-refractivity contribution in [1.82, 2.24) is 9.55 Å². The molecule has 0 bridgehead atoms. The van der Waals surface area contributed by atoms with Crippen LogP contribution >= 0.6 is 23.1 Å². The van der Waals surface area contributed by atoms with E-state index in [1.807, 2.05) is 11.4 Å². The standard InChI is InChI=1S/C15H14N2OS2/c1-10-4-3-5-11(8-10)9-20-15-16-12-6-7-19-13(12)14(18)17(15)2/h3-8H,9H2,1-2H3. The van der Waals surface area contributed by atoms with E-state index in [-0.39, 0.29) is 5.56 Å². The van der Waals surface area contributed by atoms with E-state index in [0.29, 0.717) is 0 Å². The van der Waals surface area contributed by atoms with E-state index in [9.17, 15) is 4.79 Å². The zero-order valence-corrected chi connectivity index (χ0v) is 12.9. The Hall–Kier alpha value is -1.59. The van der Waals surface area contributed by atoms with Crippen molar-refractivity contribution in [2.24, 2.45) is 7.05 Å². The van der Waals surface area contributed by atoms with Gasteiger partial charge in [0.1, 0.15) is 4.70 Å². The minimum atomic E-state index is 0.0387. The minimum Gasteiger partial charge on any atom is -0.290 e. The van der Waals surface area contributed by atoms with Crippen LogP contribution in [0.3, 0.4) is 0 Å². The Balaban J connectivity index is 1.91. The number of thioether (sulfide) groups is 1. The van der Waals surface area contributed by atoms with Gasteiger partial charge in [-0.15, -0.1) is 11.3 Å². The van der Waals surface area contributed by atoms with Crippen LogP contribution in [-0.4, -0.2) is 9.55 Å². The first kappa shape index (κ1) is 13.4. The topological polar surface area (TPSA) is 34.9 Å². The van der Waals surface area contributed by atoms with Crippen molar-refractivity contribution in [2.75, 3.05) is 0 Å². The number of thiophene rings is 1. The highest BCUT2D eigenvalue weighted by Gasteiger charge is 2.09. The lowest BCUT2D eigenvalue weighted by Crippen LogP contribution is -2.18. The zero-order chi connectivity index (χ0) is 14.1. The number of benzene rings is 1. The zero-order valence-electron chi connectivity index (χ0n) is 11.3. The van der Waals surface area contributed by atoms with Crippen LogP contribution in [0.2, 0.25) is 0 Å². The third kappa shape index (κ3) is 2.51.